The molecule has 0 heteroatoms. The summed E-state index contributed by atoms with van der Waals surface area (Å²) >= 11 is 0. The fraction of sp³-hybridized carbons (Fsp3) is 0.500. The molecular formula is C12H18. The van der Waals surface area contributed by atoms with E-state index in [0.29, 0.717) is 0 Å². The lowest BCUT2D eigenvalue weighted by Gasteiger charge is -2.14. The third-order valence-electron chi connectivity index (χ3n) is 2.54. The molecule has 0 radical (unpaired) electrons. The Kier molecular flexibility index (Phi) is 3.33. The quantitative estimate of drug-likeness (QED) is 0.638. The van der Waals surface area contributed by atoms with Crippen LogP contribution in [0.1, 0.15) is 26.3 Å². The summed E-state index contributed by atoms with van der Waals surface area (Å²) in [5.74, 6) is 1.57. The number of hydrogen-bond acceptors (Lipinski definition) is 0. The number of benzene rings is 1. The molecule has 0 aliphatic carbocycles. The molecule has 1 rings (SSSR count). The van der Waals surface area contributed by atoms with Crippen LogP contribution in [0, 0.1) is 11.8 Å². The zero-order valence-corrected chi connectivity index (χ0v) is 8.25. The van der Waals surface area contributed by atoms with Crippen LogP contribution in [0.4, 0.5) is 0 Å². The van der Waals surface area contributed by atoms with Gasteiger partial charge in [-0.05, 0) is 23.8 Å². The Balaban J connectivity index is 2.53. The minimum absolute atomic E-state index is 0.783. The van der Waals surface area contributed by atoms with Gasteiger partial charge < -0.3 is 0 Å². The van der Waals surface area contributed by atoms with Crippen molar-refractivity contribution >= 4 is 0 Å². The van der Waals surface area contributed by atoms with Crippen LogP contribution < -0.4 is 0 Å². The summed E-state index contributed by atoms with van der Waals surface area (Å²) in [4.78, 5) is 0. The zero-order valence-electron chi connectivity index (χ0n) is 8.25. The average molecular weight is 162 g/mol. The first kappa shape index (κ1) is 9.31. The summed E-state index contributed by atoms with van der Waals surface area (Å²) in [5, 5.41) is 0. The molecule has 0 aromatic heterocycles. The molecule has 0 saturated heterocycles. The first-order valence-electron chi connectivity index (χ1n) is 4.74. The first-order chi connectivity index (χ1) is 5.70. The molecule has 0 N–H and O–H groups in total. The second-order valence-corrected chi connectivity index (χ2v) is 3.91. The minimum Gasteiger partial charge on any atom is -0.0625 e. The SMILES string of the molecule is CC(C)C(C)Cc1ccccc1. The van der Waals surface area contributed by atoms with E-state index in [1.54, 1.807) is 0 Å². The summed E-state index contributed by atoms with van der Waals surface area (Å²) in [5.41, 5.74) is 1.46. The van der Waals surface area contributed by atoms with Crippen molar-refractivity contribution in [2.24, 2.45) is 11.8 Å². The molecule has 1 atom stereocenters. The van der Waals surface area contributed by atoms with Crippen LogP contribution in [0.25, 0.3) is 0 Å². The van der Waals surface area contributed by atoms with Crippen LogP contribution in [0.5, 0.6) is 0 Å². The predicted molar refractivity (Wildman–Crippen MR) is 54.1 cm³/mol. The van der Waals surface area contributed by atoms with Gasteiger partial charge in [0, 0.05) is 0 Å². The Bertz CT molecular complexity index is 211. The molecule has 0 saturated carbocycles. The largest absolute Gasteiger partial charge is 0.0625 e. The van der Waals surface area contributed by atoms with Gasteiger partial charge in [0.2, 0.25) is 0 Å². The Labute approximate surface area is 75.6 Å². The van der Waals surface area contributed by atoms with Crippen LogP contribution in [-0.4, -0.2) is 0 Å². The third kappa shape index (κ3) is 2.69. The van der Waals surface area contributed by atoms with E-state index in [1.807, 2.05) is 0 Å². The lowest BCUT2D eigenvalue weighted by molar-refractivity contribution is 0.417. The summed E-state index contributed by atoms with van der Waals surface area (Å²) in [7, 11) is 0. The fourth-order valence-corrected chi connectivity index (χ4v) is 1.22. The van der Waals surface area contributed by atoms with Gasteiger partial charge in [0.1, 0.15) is 0 Å². The van der Waals surface area contributed by atoms with Crippen molar-refractivity contribution < 1.29 is 0 Å². The maximum atomic E-state index is 2.32. The number of hydrogen-bond donors (Lipinski definition) is 0. The van der Waals surface area contributed by atoms with Gasteiger partial charge in [0.25, 0.3) is 0 Å². The van der Waals surface area contributed by atoms with Crippen LogP contribution in [0.15, 0.2) is 30.3 Å². The van der Waals surface area contributed by atoms with E-state index in [0.717, 1.165) is 11.8 Å². The molecule has 12 heavy (non-hydrogen) atoms. The van der Waals surface area contributed by atoms with E-state index in [-0.39, 0.29) is 0 Å². The van der Waals surface area contributed by atoms with Crippen molar-refractivity contribution in [3.05, 3.63) is 35.9 Å². The molecule has 1 unspecified atom stereocenters. The molecule has 66 valence electrons. The molecule has 1 aromatic rings. The van der Waals surface area contributed by atoms with Gasteiger partial charge in [-0.2, -0.15) is 0 Å². The van der Waals surface area contributed by atoms with Crippen molar-refractivity contribution in [1.82, 2.24) is 0 Å². The standard InChI is InChI=1S/C12H18/c1-10(2)11(3)9-12-7-5-4-6-8-12/h4-8,10-11H,9H2,1-3H3. The molecule has 0 amide bonds. The number of rotatable bonds is 3. The van der Waals surface area contributed by atoms with E-state index in [9.17, 15) is 0 Å². The van der Waals surface area contributed by atoms with Gasteiger partial charge in [-0.15, -0.1) is 0 Å². The van der Waals surface area contributed by atoms with Gasteiger partial charge in [-0.25, -0.2) is 0 Å². The second kappa shape index (κ2) is 4.30. The smallest absolute Gasteiger partial charge is 0.0251 e. The van der Waals surface area contributed by atoms with Gasteiger partial charge >= 0.3 is 0 Å². The minimum atomic E-state index is 0.783. The van der Waals surface area contributed by atoms with E-state index in [1.165, 1.54) is 12.0 Å². The van der Waals surface area contributed by atoms with Crippen molar-refractivity contribution in [3.8, 4) is 0 Å². The summed E-state index contributed by atoms with van der Waals surface area (Å²) in [6.07, 6.45) is 1.21. The molecule has 0 nitrogen and oxygen atoms in total. The van der Waals surface area contributed by atoms with Crippen LogP contribution in [0.2, 0.25) is 0 Å². The maximum Gasteiger partial charge on any atom is -0.0251 e. The highest BCUT2D eigenvalue weighted by molar-refractivity contribution is 5.15. The molecule has 0 bridgehead atoms. The topological polar surface area (TPSA) is 0 Å². The Morgan fingerprint density at radius 2 is 1.58 bits per heavy atom. The fourth-order valence-electron chi connectivity index (χ4n) is 1.22. The maximum absolute atomic E-state index is 2.32. The molecule has 1 aromatic carbocycles. The van der Waals surface area contributed by atoms with Crippen molar-refractivity contribution in [2.45, 2.75) is 27.2 Å². The molecule has 0 heterocycles. The Hall–Kier alpha value is -0.780. The van der Waals surface area contributed by atoms with Crippen LogP contribution in [-0.2, 0) is 6.42 Å². The van der Waals surface area contributed by atoms with Crippen molar-refractivity contribution in [3.63, 3.8) is 0 Å². The summed E-state index contributed by atoms with van der Waals surface area (Å²) < 4.78 is 0. The molecule has 0 spiro atoms. The Morgan fingerprint density at radius 3 is 2.08 bits per heavy atom. The third-order valence-corrected chi connectivity index (χ3v) is 2.54. The van der Waals surface area contributed by atoms with E-state index >= 15 is 0 Å². The van der Waals surface area contributed by atoms with E-state index in [4.69, 9.17) is 0 Å². The van der Waals surface area contributed by atoms with Gasteiger partial charge in [-0.1, -0.05) is 51.1 Å². The Morgan fingerprint density at radius 1 is 1.00 bits per heavy atom. The van der Waals surface area contributed by atoms with Crippen LogP contribution in [0.3, 0.4) is 0 Å². The summed E-state index contributed by atoms with van der Waals surface area (Å²) in [6.45, 7) is 6.89. The van der Waals surface area contributed by atoms with Gasteiger partial charge in [-0.3, -0.25) is 0 Å². The van der Waals surface area contributed by atoms with Gasteiger partial charge in [0.05, 0.1) is 0 Å². The highest BCUT2D eigenvalue weighted by atomic mass is 14.1. The molecule has 0 aliphatic heterocycles. The molecule has 0 fully saturated rings. The highest BCUT2D eigenvalue weighted by Gasteiger charge is 2.06. The summed E-state index contributed by atoms with van der Waals surface area (Å²) in [6, 6.07) is 10.7. The molecular weight excluding hydrogens is 144 g/mol. The lowest BCUT2D eigenvalue weighted by atomic mass is 9.91. The highest BCUT2D eigenvalue weighted by Crippen LogP contribution is 2.15. The van der Waals surface area contributed by atoms with Crippen molar-refractivity contribution in [1.29, 1.82) is 0 Å². The molecule has 0 aliphatic rings. The zero-order chi connectivity index (χ0) is 8.97. The van der Waals surface area contributed by atoms with E-state index in [2.05, 4.69) is 51.1 Å². The van der Waals surface area contributed by atoms with Crippen molar-refractivity contribution in [2.75, 3.05) is 0 Å². The monoisotopic (exact) mass is 162 g/mol. The second-order valence-electron chi connectivity index (χ2n) is 3.91. The van der Waals surface area contributed by atoms with E-state index < -0.39 is 0 Å². The van der Waals surface area contributed by atoms with Gasteiger partial charge in [0.15, 0.2) is 0 Å². The predicted octanol–water partition coefficient (Wildman–Crippen LogP) is 3.52. The lowest BCUT2D eigenvalue weighted by Crippen LogP contribution is -2.06. The normalized spacial score (nSPS) is 13.3. The average Bonchev–Trinajstić information content (AvgIpc) is 2.06. The van der Waals surface area contributed by atoms with Crippen LogP contribution >= 0.6 is 0 Å². The first-order valence-corrected chi connectivity index (χ1v) is 4.74.